The number of nitrogens with one attached hydrogen (secondary N) is 2. The Bertz CT molecular complexity index is 1270. The van der Waals surface area contributed by atoms with Crippen molar-refractivity contribution in [2.24, 2.45) is 0 Å². The summed E-state index contributed by atoms with van der Waals surface area (Å²) >= 11 is 0. The molecule has 0 unspecified atom stereocenters. The summed E-state index contributed by atoms with van der Waals surface area (Å²) in [4.78, 5) is 38.9. The van der Waals surface area contributed by atoms with E-state index in [1.165, 1.54) is 4.90 Å². The van der Waals surface area contributed by atoms with Gasteiger partial charge in [-0.1, -0.05) is 55.5 Å². The molecule has 0 atom stereocenters. The summed E-state index contributed by atoms with van der Waals surface area (Å²) in [6.45, 7) is 3.58. The van der Waals surface area contributed by atoms with Crippen LogP contribution in [0.3, 0.4) is 0 Å². The van der Waals surface area contributed by atoms with Gasteiger partial charge in [0.1, 0.15) is 6.54 Å². The molecule has 35 heavy (non-hydrogen) atoms. The number of benzene rings is 3. The maximum Gasteiger partial charge on any atom is 0.326 e. The number of hydrogen-bond acceptors (Lipinski definition) is 5. The summed E-state index contributed by atoms with van der Waals surface area (Å²) in [5.74, 6) is -0.813. The lowest BCUT2D eigenvalue weighted by molar-refractivity contribution is -0.142. The number of hydrogen-bond donors (Lipinski definition) is 2. The van der Waals surface area contributed by atoms with E-state index in [0.717, 1.165) is 22.5 Å². The van der Waals surface area contributed by atoms with Gasteiger partial charge in [-0.2, -0.15) is 0 Å². The first-order chi connectivity index (χ1) is 17.0. The summed E-state index contributed by atoms with van der Waals surface area (Å²) in [6.07, 6.45) is 0.262. The Kier molecular flexibility index (Phi) is 7.26. The van der Waals surface area contributed by atoms with Gasteiger partial charge in [-0.15, -0.1) is 0 Å². The van der Waals surface area contributed by atoms with E-state index in [2.05, 4.69) is 10.6 Å². The minimum absolute atomic E-state index is 0.149. The lowest BCUT2D eigenvalue weighted by Gasteiger charge is -2.22. The van der Waals surface area contributed by atoms with Crippen LogP contribution in [0.25, 0.3) is 11.3 Å². The number of para-hydroxylation sites is 1. The molecule has 7 nitrogen and oxygen atoms in total. The second-order valence-corrected chi connectivity index (χ2v) is 7.93. The molecular formula is C28H27N3O4. The molecular weight excluding hydrogens is 442 g/mol. The van der Waals surface area contributed by atoms with E-state index in [4.69, 9.17) is 4.74 Å². The van der Waals surface area contributed by atoms with Gasteiger partial charge < -0.3 is 20.3 Å². The molecule has 4 rings (SSSR count). The number of carbonyl (C=O) groups is 3. The van der Waals surface area contributed by atoms with E-state index in [1.807, 2.05) is 66.7 Å². The van der Waals surface area contributed by atoms with Gasteiger partial charge >= 0.3 is 5.97 Å². The number of anilines is 3. The second-order valence-electron chi connectivity index (χ2n) is 7.93. The van der Waals surface area contributed by atoms with Gasteiger partial charge in [0.2, 0.25) is 5.91 Å². The Morgan fingerprint density at radius 3 is 2.29 bits per heavy atom. The van der Waals surface area contributed by atoms with Gasteiger partial charge in [0.05, 0.1) is 17.9 Å². The molecule has 0 saturated carbocycles. The van der Waals surface area contributed by atoms with E-state index in [1.54, 1.807) is 26.0 Å². The molecule has 2 amide bonds. The second kappa shape index (κ2) is 10.7. The number of esters is 1. The molecule has 2 N–H and O–H groups in total. The Balaban J connectivity index is 1.68. The third-order valence-corrected chi connectivity index (χ3v) is 5.63. The first kappa shape index (κ1) is 23.8. The lowest BCUT2D eigenvalue weighted by atomic mass is 10.00. The molecule has 0 aliphatic carbocycles. The minimum Gasteiger partial charge on any atom is -0.465 e. The average Bonchev–Trinajstić information content (AvgIpc) is 3.22. The zero-order valence-corrected chi connectivity index (χ0v) is 19.7. The summed E-state index contributed by atoms with van der Waals surface area (Å²) in [5, 5.41) is 6.33. The monoisotopic (exact) mass is 469 g/mol. The van der Waals surface area contributed by atoms with Crippen molar-refractivity contribution in [1.29, 1.82) is 0 Å². The quantitative estimate of drug-likeness (QED) is 0.361. The van der Waals surface area contributed by atoms with Crippen molar-refractivity contribution in [2.45, 2.75) is 20.3 Å². The normalized spacial score (nSPS) is 13.5. The number of rotatable bonds is 8. The van der Waals surface area contributed by atoms with Crippen LogP contribution in [-0.2, 0) is 19.1 Å². The maximum atomic E-state index is 12.9. The molecule has 1 aliphatic rings. The van der Waals surface area contributed by atoms with Crippen molar-refractivity contribution in [2.75, 3.05) is 28.7 Å². The van der Waals surface area contributed by atoms with E-state index in [-0.39, 0.29) is 31.4 Å². The highest BCUT2D eigenvalue weighted by molar-refractivity contribution is 6.37. The largest absolute Gasteiger partial charge is 0.465 e. The molecule has 7 heteroatoms. The van der Waals surface area contributed by atoms with Gasteiger partial charge in [-0.05, 0) is 42.8 Å². The Morgan fingerprint density at radius 1 is 0.914 bits per heavy atom. The molecule has 0 fully saturated rings. The maximum absolute atomic E-state index is 12.9. The standard InChI is InChI=1S/C28H27N3O4/c1-3-24(32)31(18-25(33)35-4-2)21-16-14-20(15-17-21)29-27(19-10-6-5-7-11-19)26-22-12-8-9-13-23(22)30-28(26)34/h5-17,29H,3-4,18H2,1-2H3,(H,30,34). The van der Waals surface area contributed by atoms with Crippen LogP contribution in [0.15, 0.2) is 78.9 Å². The number of amides is 2. The summed E-state index contributed by atoms with van der Waals surface area (Å²) in [5.41, 5.74) is 5.02. The molecule has 0 aromatic heterocycles. The van der Waals surface area contributed by atoms with E-state index >= 15 is 0 Å². The highest BCUT2D eigenvalue weighted by Crippen LogP contribution is 2.37. The smallest absolute Gasteiger partial charge is 0.326 e. The third kappa shape index (κ3) is 5.24. The zero-order chi connectivity index (χ0) is 24.8. The van der Waals surface area contributed by atoms with Crippen LogP contribution in [0.5, 0.6) is 0 Å². The Labute approximate surface area is 204 Å². The van der Waals surface area contributed by atoms with Crippen LogP contribution >= 0.6 is 0 Å². The third-order valence-electron chi connectivity index (χ3n) is 5.63. The highest BCUT2D eigenvalue weighted by Gasteiger charge is 2.28. The Morgan fingerprint density at radius 2 is 1.60 bits per heavy atom. The molecule has 1 aliphatic heterocycles. The first-order valence-corrected chi connectivity index (χ1v) is 11.5. The SMILES string of the molecule is CCOC(=O)CN(C(=O)CC)c1ccc(NC(=C2C(=O)Nc3ccccc32)c2ccccc2)cc1. The highest BCUT2D eigenvalue weighted by atomic mass is 16.5. The van der Waals surface area contributed by atoms with Crippen LogP contribution in [0.2, 0.25) is 0 Å². The average molecular weight is 470 g/mol. The number of carbonyl (C=O) groups excluding carboxylic acids is 3. The van der Waals surface area contributed by atoms with Crippen LogP contribution in [0.4, 0.5) is 17.1 Å². The topological polar surface area (TPSA) is 87.7 Å². The van der Waals surface area contributed by atoms with Crippen LogP contribution in [0.1, 0.15) is 31.4 Å². The summed E-state index contributed by atoms with van der Waals surface area (Å²) < 4.78 is 5.02. The summed E-state index contributed by atoms with van der Waals surface area (Å²) in [6, 6.07) is 24.4. The van der Waals surface area contributed by atoms with Gasteiger partial charge in [-0.25, -0.2) is 0 Å². The predicted octanol–water partition coefficient (Wildman–Crippen LogP) is 4.93. The van der Waals surface area contributed by atoms with Crippen molar-refractivity contribution in [1.82, 2.24) is 0 Å². The number of fused-ring (bicyclic) bond motifs is 1. The van der Waals surface area contributed by atoms with Gasteiger partial charge in [0.15, 0.2) is 0 Å². The van der Waals surface area contributed by atoms with E-state index in [9.17, 15) is 14.4 Å². The van der Waals surface area contributed by atoms with E-state index in [0.29, 0.717) is 17.0 Å². The molecule has 3 aromatic carbocycles. The van der Waals surface area contributed by atoms with Gasteiger partial charge in [0.25, 0.3) is 5.91 Å². The van der Waals surface area contributed by atoms with Crippen molar-refractivity contribution in [3.63, 3.8) is 0 Å². The first-order valence-electron chi connectivity index (χ1n) is 11.5. The van der Waals surface area contributed by atoms with Crippen molar-refractivity contribution < 1.29 is 19.1 Å². The lowest BCUT2D eigenvalue weighted by Crippen LogP contribution is -2.36. The fraction of sp³-hybridized carbons (Fsp3) is 0.179. The molecule has 178 valence electrons. The fourth-order valence-electron chi connectivity index (χ4n) is 3.97. The predicted molar refractivity (Wildman–Crippen MR) is 138 cm³/mol. The molecule has 0 radical (unpaired) electrons. The molecule has 1 heterocycles. The van der Waals surface area contributed by atoms with Gasteiger partial charge in [-0.3, -0.25) is 14.4 Å². The van der Waals surface area contributed by atoms with Crippen molar-refractivity contribution >= 4 is 46.1 Å². The van der Waals surface area contributed by atoms with Crippen LogP contribution in [0, 0.1) is 0 Å². The fourth-order valence-corrected chi connectivity index (χ4v) is 3.97. The number of ether oxygens (including phenoxy) is 1. The molecule has 3 aromatic rings. The molecule has 0 bridgehead atoms. The summed E-state index contributed by atoms with van der Waals surface area (Å²) in [7, 11) is 0. The van der Waals surface area contributed by atoms with Gasteiger partial charge in [0, 0.05) is 29.0 Å². The Hall–Kier alpha value is -4.39. The minimum atomic E-state index is -0.460. The van der Waals surface area contributed by atoms with Crippen LogP contribution in [-0.4, -0.2) is 30.9 Å². The number of nitrogens with zero attached hydrogens (tertiary/aromatic N) is 1. The molecule has 0 spiro atoms. The van der Waals surface area contributed by atoms with Crippen LogP contribution < -0.4 is 15.5 Å². The van der Waals surface area contributed by atoms with Crippen molar-refractivity contribution in [3.8, 4) is 0 Å². The zero-order valence-electron chi connectivity index (χ0n) is 19.7. The van der Waals surface area contributed by atoms with Crippen molar-refractivity contribution in [3.05, 3.63) is 90.0 Å². The van der Waals surface area contributed by atoms with E-state index < -0.39 is 5.97 Å². The molecule has 0 saturated heterocycles.